The molecule has 10 nitrogen and oxygen atoms in total. The summed E-state index contributed by atoms with van der Waals surface area (Å²) in [5.74, 6) is -0.180. The second-order valence-electron chi connectivity index (χ2n) is 9.43. The van der Waals surface area contributed by atoms with Crippen LogP contribution in [-0.2, 0) is 22.6 Å². The first-order valence-electron chi connectivity index (χ1n) is 12.6. The number of nitrogens with zero attached hydrogens (tertiary/aromatic N) is 1. The van der Waals surface area contributed by atoms with Gasteiger partial charge in [0.05, 0.1) is 4.92 Å². The number of ether oxygens (including phenoxy) is 2. The number of fused-ring (bicyclic) bond motifs is 3. The second kappa shape index (κ2) is 11.3. The number of rotatable bonds is 10. The van der Waals surface area contributed by atoms with Gasteiger partial charge in [-0.2, -0.15) is 0 Å². The molecule has 1 atom stereocenters. The molecular formula is C30H26N2O8. The average molecular weight is 543 g/mol. The molecule has 10 heteroatoms. The number of carbonyl (C=O) groups excluding carboxylic acids is 1. The van der Waals surface area contributed by atoms with Gasteiger partial charge in [-0.25, -0.2) is 9.59 Å². The van der Waals surface area contributed by atoms with E-state index in [0.29, 0.717) is 22.8 Å². The van der Waals surface area contributed by atoms with Gasteiger partial charge >= 0.3 is 12.1 Å². The summed E-state index contributed by atoms with van der Waals surface area (Å²) in [5, 5.41) is 23.1. The molecule has 1 aliphatic rings. The quantitative estimate of drug-likeness (QED) is 0.195. The molecule has 0 saturated heterocycles. The number of nitro benzene ring substituents is 1. The normalized spacial score (nSPS) is 12.7. The number of carboxylic acid groups (broad SMARTS) is 1. The first kappa shape index (κ1) is 26.5. The molecule has 1 aliphatic carbocycles. The SMILES string of the molecule is Cc1cc(OCc2ccc(CC(NC(=O)OCC3c4ccccc4-c4ccccc43)C(=O)O)o2)ccc1[N+](=O)[O-]. The minimum Gasteiger partial charge on any atom is -0.486 e. The second-order valence-corrected chi connectivity index (χ2v) is 9.43. The number of nitrogens with one attached hydrogen (secondary N) is 1. The number of carbonyl (C=O) groups is 2. The van der Waals surface area contributed by atoms with Crippen molar-refractivity contribution in [1.29, 1.82) is 0 Å². The maximum absolute atomic E-state index is 12.6. The highest BCUT2D eigenvalue weighted by molar-refractivity contribution is 5.81. The number of hydrogen-bond donors (Lipinski definition) is 2. The smallest absolute Gasteiger partial charge is 0.407 e. The highest BCUT2D eigenvalue weighted by Gasteiger charge is 2.30. The van der Waals surface area contributed by atoms with E-state index >= 15 is 0 Å². The number of amides is 1. The lowest BCUT2D eigenvalue weighted by atomic mass is 9.98. The topological polar surface area (TPSA) is 141 Å². The number of hydrogen-bond acceptors (Lipinski definition) is 7. The Morgan fingerprint density at radius 1 is 1.00 bits per heavy atom. The number of carboxylic acids is 1. The number of alkyl carbamates (subject to hydrolysis) is 1. The molecule has 2 N–H and O–H groups in total. The highest BCUT2D eigenvalue weighted by Crippen LogP contribution is 2.44. The molecule has 1 heterocycles. The molecule has 0 aliphatic heterocycles. The molecule has 40 heavy (non-hydrogen) atoms. The standard InChI is InChI=1S/C30H26N2O8/c1-18-14-19(12-13-28(18)32(36)37)38-16-21-11-10-20(40-21)15-27(29(33)34)31-30(35)39-17-26-24-8-4-2-6-22(24)23-7-3-5-9-25(23)26/h2-14,26-27H,15-17H2,1H3,(H,31,35)(H,33,34). The van der Waals surface area contributed by atoms with Crippen molar-refractivity contribution in [1.82, 2.24) is 5.32 Å². The summed E-state index contributed by atoms with van der Waals surface area (Å²) < 4.78 is 16.8. The van der Waals surface area contributed by atoms with Crippen LogP contribution in [-0.4, -0.2) is 34.7 Å². The third-order valence-corrected chi connectivity index (χ3v) is 6.80. The van der Waals surface area contributed by atoms with Crippen LogP contribution in [0.3, 0.4) is 0 Å². The average Bonchev–Trinajstić information content (AvgIpc) is 3.52. The van der Waals surface area contributed by atoms with E-state index in [0.717, 1.165) is 22.3 Å². The van der Waals surface area contributed by atoms with Gasteiger partial charge in [0.15, 0.2) is 0 Å². The first-order chi connectivity index (χ1) is 19.3. The summed E-state index contributed by atoms with van der Waals surface area (Å²) in [6.07, 6.45) is -0.936. The Balaban J connectivity index is 1.16. The Morgan fingerprint density at radius 3 is 2.27 bits per heavy atom. The fourth-order valence-corrected chi connectivity index (χ4v) is 4.87. The Hall–Kier alpha value is -5.12. The minimum absolute atomic E-state index is 0.00347. The lowest BCUT2D eigenvalue weighted by molar-refractivity contribution is -0.385. The van der Waals surface area contributed by atoms with Crippen LogP contribution in [0.5, 0.6) is 5.75 Å². The molecule has 204 valence electrons. The predicted molar refractivity (Wildman–Crippen MR) is 144 cm³/mol. The zero-order valence-electron chi connectivity index (χ0n) is 21.5. The van der Waals surface area contributed by atoms with Crippen molar-refractivity contribution in [3.8, 4) is 16.9 Å². The fourth-order valence-electron chi connectivity index (χ4n) is 4.87. The summed E-state index contributed by atoms with van der Waals surface area (Å²) >= 11 is 0. The molecule has 1 unspecified atom stereocenters. The van der Waals surface area contributed by atoms with Crippen molar-refractivity contribution in [2.24, 2.45) is 0 Å². The number of furan rings is 1. The van der Waals surface area contributed by atoms with Crippen molar-refractivity contribution in [2.45, 2.75) is 31.9 Å². The van der Waals surface area contributed by atoms with E-state index in [-0.39, 0.29) is 31.2 Å². The summed E-state index contributed by atoms with van der Waals surface area (Å²) in [5.41, 5.74) is 4.76. The van der Waals surface area contributed by atoms with Crippen molar-refractivity contribution in [3.63, 3.8) is 0 Å². The van der Waals surface area contributed by atoms with E-state index in [1.54, 1.807) is 25.1 Å². The van der Waals surface area contributed by atoms with Crippen LogP contribution in [0.1, 0.15) is 34.1 Å². The van der Waals surface area contributed by atoms with Gasteiger partial charge in [-0.1, -0.05) is 48.5 Å². The molecule has 5 rings (SSSR count). The third kappa shape index (κ3) is 5.65. The Labute approximate surface area is 229 Å². The van der Waals surface area contributed by atoms with Crippen LogP contribution in [0.15, 0.2) is 83.3 Å². The monoisotopic (exact) mass is 542 g/mol. The van der Waals surface area contributed by atoms with E-state index in [2.05, 4.69) is 5.32 Å². The minimum atomic E-state index is -1.27. The van der Waals surface area contributed by atoms with Gasteiger partial charge in [0, 0.05) is 24.0 Å². The van der Waals surface area contributed by atoms with Crippen LogP contribution in [0.4, 0.5) is 10.5 Å². The van der Waals surface area contributed by atoms with Gasteiger partial charge in [0.2, 0.25) is 0 Å². The molecule has 3 aromatic carbocycles. The molecule has 1 aromatic heterocycles. The fraction of sp³-hybridized carbons (Fsp3) is 0.200. The number of aliphatic carboxylic acids is 1. The largest absolute Gasteiger partial charge is 0.486 e. The Morgan fingerprint density at radius 2 is 1.65 bits per heavy atom. The summed E-state index contributed by atoms with van der Waals surface area (Å²) in [6.45, 7) is 1.72. The van der Waals surface area contributed by atoms with E-state index in [9.17, 15) is 24.8 Å². The van der Waals surface area contributed by atoms with Crippen LogP contribution in [0, 0.1) is 17.0 Å². The molecule has 0 saturated carbocycles. The zero-order valence-corrected chi connectivity index (χ0v) is 21.5. The zero-order chi connectivity index (χ0) is 28.2. The summed E-state index contributed by atoms with van der Waals surface area (Å²) in [4.78, 5) is 35.0. The molecule has 0 spiro atoms. The Bertz CT molecular complexity index is 1530. The predicted octanol–water partition coefficient (Wildman–Crippen LogP) is 5.61. The molecule has 0 bridgehead atoms. The van der Waals surface area contributed by atoms with Crippen LogP contribution < -0.4 is 10.1 Å². The van der Waals surface area contributed by atoms with E-state index < -0.39 is 23.0 Å². The number of benzene rings is 3. The van der Waals surface area contributed by atoms with Gasteiger partial charge in [0.25, 0.3) is 5.69 Å². The first-order valence-corrected chi connectivity index (χ1v) is 12.6. The Kier molecular flexibility index (Phi) is 7.50. The van der Waals surface area contributed by atoms with Gasteiger partial charge in [-0.3, -0.25) is 10.1 Å². The van der Waals surface area contributed by atoms with Crippen molar-refractivity contribution in [2.75, 3.05) is 6.61 Å². The van der Waals surface area contributed by atoms with Gasteiger partial charge in [-0.05, 0) is 53.4 Å². The maximum Gasteiger partial charge on any atom is 0.407 e. The van der Waals surface area contributed by atoms with E-state index in [4.69, 9.17) is 13.9 Å². The van der Waals surface area contributed by atoms with E-state index in [1.165, 1.54) is 12.1 Å². The summed E-state index contributed by atoms with van der Waals surface area (Å²) in [6, 6.07) is 22.3. The molecule has 1 amide bonds. The lowest BCUT2D eigenvalue weighted by Crippen LogP contribution is -2.42. The molecular weight excluding hydrogens is 516 g/mol. The van der Waals surface area contributed by atoms with Gasteiger partial charge < -0.3 is 24.3 Å². The molecule has 0 radical (unpaired) electrons. The van der Waals surface area contributed by atoms with Crippen LogP contribution in [0.2, 0.25) is 0 Å². The van der Waals surface area contributed by atoms with Gasteiger partial charge in [-0.15, -0.1) is 0 Å². The van der Waals surface area contributed by atoms with Crippen LogP contribution in [0.25, 0.3) is 11.1 Å². The van der Waals surface area contributed by atoms with Crippen molar-refractivity contribution in [3.05, 3.63) is 117 Å². The number of aryl methyl sites for hydroxylation is 1. The van der Waals surface area contributed by atoms with E-state index in [1.807, 2.05) is 48.5 Å². The van der Waals surface area contributed by atoms with Crippen molar-refractivity contribution >= 4 is 17.7 Å². The van der Waals surface area contributed by atoms with Crippen molar-refractivity contribution < 1.29 is 33.5 Å². The highest BCUT2D eigenvalue weighted by atomic mass is 16.6. The molecule has 4 aromatic rings. The molecule has 0 fully saturated rings. The third-order valence-electron chi connectivity index (χ3n) is 6.80. The lowest BCUT2D eigenvalue weighted by Gasteiger charge is -2.17. The maximum atomic E-state index is 12.6. The van der Waals surface area contributed by atoms with Crippen LogP contribution >= 0.6 is 0 Å². The van der Waals surface area contributed by atoms with Gasteiger partial charge in [0.1, 0.15) is 36.5 Å². The summed E-state index contributed by atoms with van der Waals surface area (Å²) in [7, 11) is 0. The number of nitro groups is 1.